The normalized spacial score (nSPS) is 13.1. The fourth-order valence-corrected chi connectivity index (χ4v) is 3.34. The van der Waals surface area contributed by atoms with Crippen molar-refractivity contribution in [3.8, 4) is 11.5 Å². The predicted molar refractivity (Wildman–Crippen MR) is 112 cm³/mol. The van der Waals surface area contributed by atoms with E-state index >= 15 is 0 Å². The molecule has 2 rings (SSSR count). The van der Waals surface area contributed by atoms with Crippen LogP contribution in [0.25, 0.3) is 0 Å². The molecule has 0 amide bonds. The third-order valence-electron chi connectivity index (χ3n) is 4.74. The Morgan fingerprint density at radius 1 is 1.00 bits per heavy atom. The Hall–Kier alpha value is -1.99. The summed E-state index contributed by atoms with van der Waals surface area (Å²) in [6.07, 6.45) is -5.72. The summed E-state index contributed by atoms with van der Waals surface area (Å²) in [6, 6.07) is 9.74. The molecule has 0 saturated carbocycles. The zero-order valence-electron chi connectivity index (χ0n) is 17.2. The molecular formula is C22H22Cl2F4O3. The molecule has 0 bridgehead atoms. The molecule has 3 nitrogen and oxygen atoms in total. The van der Waals surface area contributed by atoms with Gasteiger partial charge in [-0.05, 0) is 42.3 Å². The lowest BCUT2D eigenvalue weighted by atomic mass is 9.78. The number of benzene rings is 2. The summed E-state index contributed by atoms with van der Waals surface area (Å²) in [5.74, 6) is -1.54. The molecule has 0 aromatic heterocycles. The van der Waals surface area contributed by atoms with E-state index in [1.165, 1.54) is 19.1 Å². The van der Waals surface area contributed by atoms with Gasteiger partial charge in [0.1, 0.15) is 11.9 Å². The monoisotopic (exact) mass is 480 g/mol. The van der Waals surface area contributed by atoms with Gasteiger partial charge in [-0.25, -0.2) is 4.39 Å². The Morgan fingerprint density at radius 2 is 1.55 bits per heavy atom. The van der Waals surface area contributed by atoms with Crippen LogP contribution in [0.15, 0.2) is 36.4 Å². The first-order chi connectivity index (χ1) is 14.3. The van der Waals surface area contributed by atoms with E-state index in [0.717, 1.165) is 11.1 Å². The van der Waals surface area contributed by atoms with Crippen LogP contribution in [0.3, 0.4) is 0 Å². The minimum absolute atomic E-state index is 0.137. The first-order valence-corrected chi connectivity index (χ1v) is 10.2. The van der Waals surface area contributed by atoms with Crippen molar-refractivity contribution in [1.29, 1.82) is 0 Å². The van der Waals surface area contributed by atoms with Crippen LogP contribution in [-0.2, 0) is 10.2 Å². The molecule has 1 unspecified atom stereocenters. The SMILES string of the molecule is CC(F)CCOc1c(Cl)cc(C(C)(C)c2ccc(OCC(=O)C(F)(F)F)cc2)cc1Cl. The van der Waals surface area contributed by atoms with Gasteiger partial charge >= 0.3 is 6.18 Å². The highest BCUT2D eigenvalue weighted by Crippen LogP contribution is 2.40. The minimum atomic E-state index is -4.93. The number of carbonyl (C=O) groups is 1. The fourth-order valence-electron chi connectivity index (χ4n) is 2.75. The van der Waals surface area contributed by atoms with Gasteiger partial charge in [-0.3, -0.25) is 4.79 Å². The van der Waals surface area contributed by atoms with Crippen molar-refractivity contribution < 1.29 is 31.8 Å². The first kappa shape index (κ1) is 25.3. The van der Waals surface area contributed by atoms with Crippen molar-refractivity contribution in [2.24, 2.45) is 0 Å². The van der Waals surface area contributed by atoms with E-state index < -0.39 is 30.2 Å². The molecular weight excluding hydrogens is 459 g/mol. The average molecular weight is 481 g/mol. The van der Waals surface area contributed by atoms with Crippen molar-refractivity contribution in [2.45, 2.75) is 45.0 Å². The topological polar surface area (TPSA) is 35.5 Å². The number of rotatable bonds is 9. The van der Waals surface area contributed by atoms with E-state index in [1.807, 2.05) is 13.8 Å². The summed E-state index contributed by atoms with van der Waals surface area (Å²) >= 11 is 12.7. The summed E-state index contributed by atoms with van der Waals surface area (Å²) in [5, 5.41) is 0.570. The minimum Gasteiger partial charge on any atom is -0.490 e. The van der Waals surface area contributed by atoms with Gasteiger partial charge in [-0.1, -0.05) is 49.2 Å². The second-order valence-electron chi connectivity index (χ2n) is 7.55. The molecule has 0 saturated heterocycles. The summed E-state index contributed by atoms with van der Waals surface area (Å²) in [6.45, 7) is 4.33. The highest BCUT2D eigenvalue weighted by Gasteiger charge is 2.38. The third-order valence-corrected chi connectivity index (χ3v) is 5.31. The van der Waals surface area contributed by atoms with Crippen LogP contribution in [0.2, 0.25) is 10.0 Å². The van der Waals surface area contributed by atoms with E-state index in [0.29, 0.717) is 0 Å². The molecule has 2 aromatic rings. The maximum absolute atomic E-state index is 13.0. The van der Waals surface area contributed by atoms with Crippen LogP contribution in [0.1, 0.15) is 38.3 Å². The van der Waals surface area contributed by atoms with Gasteiger partial charge in [0, 0.05) is 11.8 Å². The van der Waals surface area contributed by atoms with Crippen LogP contribution >= 0.6 is 23.2 Å². The van der Waals surface area contributed by atoms with Crippen LogP contribution in [0.5, 0.6) is 11.5 Å². The molecule has 0 aliphatic heterocycles. The largest absolute Gasteiger partial charge is 0.490 e. The Kier molecular flexibility index (Phi) is 8.22. The van der Waals surface area contributed by atoms with Gasteiger partial charge in [0.05, 0.1) is 16.7 Å². The van der Waals surface area contributed by atoms with Crippen LogP contribution in [0.4, 0.5) is 17.6 Å². The smallest absolute Gasteiger partial charge is 0.453 e. The number of alkyl halides is 4. The number of ketones is 1. The zero-order chi connectivity index (χ0) is 23.4. The molecule has 0 radical (unpaired) electrons. The van der Waals surface area contributed by atoms with Crippen molar-refractivity contribution >= 4 is 29.0 Å². The molecule has 170 valence electrons. The Morgan fingerprint density at radius 3 is 2.03 bits per heavy atom. The van der Waals surface area contributed by atoms with Crippen molar-refractivity contribution in [3.63, 3.8) is 0 Å². The molecule has 0 aliphatic carbocycles. The van der Waals surface area contributed by atoms with Crippen LogP contribution in [0, 0.1) is 0 Å². The molecule has 9 heteroatoms. The number of carbonyl (C=O) groups excluding carboxylic acids is 1. The maximum Gasteiger partial charge on any atom is 0.453 e. The summed E-state index contributed by atoms with van der Waals surface area (Å²) in [4.78, 5) is 10.9. The second kappa shape index (κ2) is 10.1. The van der Waals surface area contributed by atoms with Gasteiger partial charge in [0.15, 0.2) is 12.4 Å². The van der Waals surface area contributed by atoms with E-state index in [4.69, 9.17) is 32.7 Å². The number of Topliss-reactive ketones (excluding diaryl/α,β-unsaturated/α-hetero) is 1. The zero-order valence-corrected chi connectivity index (χ0v) is 18.7. The lowest BCUT2D eigenvalue weighted by Crippen LogP contribution is -2.28. The standard InChI is InChI=1S/C22H22Cl2F4O3/c1-13(25)8-9-30-20-17(23)10-15(11-18(20)24)21(2,3)14-4-6-16(7-5-14)31-12-19(29)22(26,27)28/h4-7,10-11,13H,8-9,12H2,1-3H3. The van der Waals surface area contributed by atoms with Crippen molar-refractivity contribution in [2.75, 3.05) is 13.2 Å². The molecule has 0 N–H and O–H groups in total. The number of halogens is 6. The molecule has 0 fully saturated rings. The molecule has 1 atom stereocenters. The number of hydrogen-bond donors (Lipinski definition) is 0. The lowest BCUT2D eigenvalue weighted by Gasteiger charge is -2.27. The van der Waals surface area contributed by atoms with E-state index in [1.54, 1.807) is 24.3 Å². The molecule has 0 heterocycles. The van der Waals surface area contributed by atoms with Gasteiger partial charge in [-0.15, -0.1) is 0 Å². The van der Waals surface area contributed by atoms with Gasteiger partial charge in [0.25, 0.3) is 5.78 Å². The lowest BCUT2D eigenvalue weighted by molar-refractivity contribution is -0.173. The highest BCUT2D eigenvalue weighted by atomic mass is 35.5. The summed E-state index contributed by atoms with van der Waals surface area (Å²) < 4.78 is 60.2. The predicted octanol–water partition coefficient (Wildman–Crippen LogP) is 6.96. The van der Waals surface area contributed by atoms with Gasteiger partial charge in [0.2, 0.25) is 0 Å². The fraction of sp³-hybridized carbons (Fsp3) is 0.409. The van der Waals surface area contributed by atoms with Gasteiger partial charge in [-0.2, -0.15) is 13.2 Å². The first-order valence-electron chi connectivity index (χ1n) is 9.42. The van der Waals surface area contributed by atoms with E-state index in [9.17, 15) is 22.4 Å². The molecule has 2 aromatic carbocycles. The molecule has 0 aliphatic rings. The highest BCUT2D eigenvalue weighted by molar-refractivity contribution is 6.37. The van der Waals surface area contributed by atoms with Crippen LogP contribution < -0.4 is 9.47 Å². The van der Waals surface area contributed by atoms with E-state index in [2.05, 4.69) is 0 Å². The number of hydrogen-bond acceptors (Lipinski definition) is 3. The summed E-state index contributed by atoms with van der Waals surface area (Å²) in [5.41, 5.74) is 1.02. The van der Waals surface area contributed by atoms with E-state index in [-0.39, 0.29) is 34.6 Å². The molecule has 0 spiro atoms. The Balaban J connectivity index is 2.16. The summed E-state index contributed by atoms with van der Waals surface area (Å²) in [7, 11) is 0. The average Bonchev–Trinajstić information content (AvgIpc) is 2.67. The third kappa shape index (κ3) is 6.74. The quantitative estimate of drug-likeness (QED) is 0.364. The van der Waals surface area contributed by atoms with Gasteiger partial charge < -0.3 is 9.47 Å². The van der Waals surface area contributed by atoms with Crippen LogP contribution in [-0.4, -0.2) is 31.3 Å². The Labute approximate surface area is 188 Å². The Bertz CT molecular complexity index is 887. The maximum atomic E-state index is 13.0. The number of ether oxygens (including phenoxy) is 2. The molecule has 31 heavy (non-hydrogen) atoms. The van der Waals surface area contributed by atoms with Crippen molar-refractivity contribution in [3.05, 3.63) is 57.6 Å². The second-order valence-corrected chi connectivity index (χ2v) is 8.36. The van der Waals surface area contributed by atoms with Crippen molar-refractivity contribution in [1.82, 2.24) is 0 Å².